The van der Waals surface area contributed by atoms with Gasteiger partial charge in [0.2, 0.25) is 0 Å². The molecule has 0 aromatic heterocycles. The second-order valence-corrected chi connectivity index (χ2v) is 4.71. The number of morpholine rings is 1. The number of nitriles is 1. The van der Waals surface area contributed by atoms with E-state index in [1.807, 2.05) is 12.1 Å². The maximum Gasteiger partial charge on any atom is 0.101 e. The van der Waals surface area contributed by atoms with Crippen molar-refractivity contribution >= 4 is 11.4 Å². The number of rotatable bonds is 1. The van der Waals surface area contributed by atoms with Crippen LogP contribution in [0.4, 0.5) is 11.4 Å². The van der Waals surface area contributed by atoms with Gasteiger partial charge >= 0.3 is 0 Å². The van der Waals surface area contributed by atoms with Crippen molar-refractivity contribution in [2.75, 3.05) is 23.7 Å². The highest BCUT2D eigenvalue weighted by molar-refractivity contribution is 5.74. The second kappa shape index (κ2) is 3.94. The van der Waals surface area contributed by atoms with Crippen molar-refractivity contribution in [3.8, 4) is 6.07 Å². The molecule has 0 radical (unpaired) electrons. The number of benzene rings is 1. The molecule has 4 nitrogen and oxygen atoms in total. The molecule has 2 atom stereocenters. The second-order valence-electron chi connectivity index (χ2n) is 4.71. The van der Waals surface area contributed by atoms with Gasteiger partial charge in [-0.2, -0.15) is 5.26 Å². The van der Waals surface area contributed by atoms with Gasteiger partial charge in [0.1, 0.15) is 6.07 Å². The van der Waals surface area contributed by atoms with Gasteiger partial charge in [-0.25, -0.2) is 0 Å². The largest absolute Gasteiger partial charge is 0.396 e. The predicted octanol–water partition coefficient (Wildman–Crippen LogP) is 1.51. The minimum Gasteiger partial charge on any atom is -0.396 e. The van der Waals surface area contributed by atoms with Crippen LogP contribution in [0.3, 0.4) is 0 Å². The van der Waals surface area contributed by atoms with Gasteiger partial charge in [0.25, 0.3) is 0 Å². The number of nitrogen functional groups attached to an aromatic ring is 1. The van der Waals surface area contributed by atoms with Crippen LogP contribution in [0.15, 0.2) is 18.2 Å². The first-order valence-electron chi connectivity index (χ1n) is 5.97. The Morgan fingerprint density at radius 1 is 1.29 bits per heavy atom. The lowest BCUT2D eigenvalue weighted by Crippen LogP contribution is -2.43. The van der Waals surface area contributed by atoms with Crippen molar-refractivity contribution in [1.82, 2.24) is 0 Å². The van der Waals surface area contributed by atoms with Crippen LogP contribution in [-0.4, -0.2) is 25.3 Å². The zero-order chi connectivity index (χ0) is 11.8. The lowest BCUT2D eigenvalue weighted by atomic mass is 10.1. The summed E-state index contributed by atoms with van der Waals surface area (Å²) in [5.41, 5.74) is 8.16. The van der Waals surface area contributed by atoms with Crippen LogP contribution in [0.25, 0.3) is 0 Å². The summed E-state index contributed by atoms with van der Waals surface area (Å²) >= 11 is 0. The fourth-order valence-electron chi connectivity index (χ4n) is 2.74. The Morgan fingerprint density at radius 3 is 2.65 bits per heavy atom. The van der Waals surface area contributed by atoms with E-state index in [0.29, 0.717) is 23.5 Å². The third kappa shape index (κ3) is 1.73. The van der Waals surface area contributed by atoms with Crippen molar-refractivity contribution in [3.05, 3.63) is 23.8 Å². The Balaban J connectivity index is 1.92. The lowest BCUT2D eigenvalue weighted by Gasteiger charge is -2.34. The number of ether oxygens (including phenoxy) is 1. The average Bonchev–Trinajstić information content (AvgIpc) is 2.68. The molecule has 4 heteroatoms. The molecule has 1 aromatic rings. The van der Waals surface area contributed by atoms with E-state index in [2.05, 4.69) is 11.0 Å². The number of fused-ring (bicyclic) bond motifs is 2. The Kier molecular flexibility index (Phi) is 2.41. The minimum absolute atomic E-state index is 0.332. The maximum atomic E-state index is 8.98. The highest BCUT2D eigenvalue weighted by Gasteiger charge is 2.34. The molecule has 3 rings (SSSR count). The summed E-state index contributed by atoms with van der Waals surface area (Å²) in [5.74, 6) is 0. The van der Waals surface area contributed by atoms with Crippen molar-refractivity contribution in [1.29, 1.82) is 5.26 Å². The Bertz CT molecular complexity index is 468. The SMILES string of the molecule is N#Cc1cccc(N2CC3CCC(C2)O3)c1N. The molecule has 2 N–H and O–H groups in total. The summed E-state index contributed by atoms with van der Waals surface area (Å²) < 4.78 is 5.80. The monoisotopic (exact) mass is 229 g/mol. The molecule has 88 valence electrons. The summed E-state index contributed by atoms with van der Waals surface area (Å²) in [6.45, 7) is 1.77. The first kappa shape index (κ1) is 10.4. The first-order valence-corrected chi connectivity index (χ1v) is 5.97. The molecule has 2 heterocycles. The summed E-state index contributed by atoms with van der Waals surface area (Å²) in [6.07, 6.45) is 2.94. The first-order chi connectivity index (χ1) is 8.28. The van der Waals surface area contributed by atoms with Crippen LogP contribution in [0.2, 0.25) is 0 Å². The number of hydrogen-bond donors (Lipinski definition) is 1. The van der Waals surface area contributed by atoms with Crippen LogP contribution < -0.4 is 10.6 Å². The smallest absolute Gasteiger partial charge is 0.101 e. The molecule has 2 aliphatic rings. The van der Waals surface area contributed by atoms with Gasteiger partial charge in [-0.1, -0.05) is 6.07 Å². The molecule has 1 aromatic carbocycles. The molecular weight excluding hydrogens is 214 g/mol. The van der Waals surface area contributed by atoms with Gasteiger partial charge in [-0.05, 0) is 25.0 Å². The van der Waals surface area contributed by atoms with Crippen molar-refractivity contribution in [3.63, 3.8) is 0 Å². The number of hydrogen-bond acceptors (Lipinski definition) is 4. The predicted molar refractivity (Wildman–Crippen MR) is 65.7 cm³/mol. The number of para-hydroxylation sites is 1. The third-order valence-corrected chi connectivity index (χ3v) is 3.59. The Morgan fingerprint density at radius 2 is 2.00 bits per heavy atom. The van der Waals surface area contributed by atoms with E-state index in [0.717, 1.165) is 31.6 Å². The van der Waals surface area contributed by atoms with Crippen LogP contribution >= 0.6 is 0 Å². The summed E-state index contributed by atoms with van der Waals surface area (Å²) in [4.78, 5) is 2.25. The summed E-state index contributed by atoms with van der Waals surface area (Å²) in [7, 11) is 0. The molecule has 0 spiro atoms. The van der Waals surface area contributed by atoms with Gasteiger partial charge in [-0.3, -0.25) is 0 Å². The van der Waals surface area contributed by atoms with Crippen LogP contribution in [0.1, 0.15) is 18.4 Å². The Labute approximate surface area is 101 Å². The molecule has 2 bridgehead atoms. The maximum absolute atomic E-state index is 8.98. The van der Waals surface area contributed by atoms with Crippen molar-refractivity contribution in [2.24, 2.45) is 0 Å². The van der Waals surface area contributed by atoms with E-state index in [9.17, 15) is 0 Å². The fourth-order valence-corrected chi connectivity index (χ4v) is 2.74. The van der Waals surface area contributed by atoms with Gasteiger partial charge in [-0.15, -0.1) is 0 Å². The van der Waals surface area contributed by atoms with E-state index in [1.54, 1.807) is 6.07 Å². The van der Waals surface area contributed by atoms with Crippen molar-refractivity contribution in [2.45, 2.75) is 25.0 Å². The van der Waals surface area contributed by atoms with E-state index in [1.165, 1.54) is 0 Å². The van der Waals surface area contributed by atoms with E-state index in [-0.39, 0.29) is 0 Å². The van der Waals surface area contributed by atoms with E-state index < -0.39 is 0 Å². The molecule has 2 aliphatic heterocycles. The van der Waals surface area contributed by atoms with Crippen LogP contribution in [-0.2, 0) is 4.74 Å². The molecule has 2 saturated heterocycles. The molecular formula is C13H15N3O. The zero-order valence-electron chi connectivity index (χ0n) is 9.60. The summed E-state index contributed by atoms with van der Waals surface area (Å²) in [6, 6.07) is 7.77. The number of anilines is 2. The Hall–Kier alpha value is -1.73. The zero-order valence-corrected chi connectivity index (χ0v) is 9.60. The molecule has 17 heavy (non-hydrogen) atoms. The number of nitrogens with two attached hydrogens (primary N) is 1. The molecule has 2 unspecified atom stereocenters. The van der Waals surface area contributed by atoms with Crippen LogP contribution in [0.5, 0.6) is 0 Å². The standard InChI is InChI=1S/C13H15N3O/c14-6-9-2-1-3-12(13(9)15)16-7-10-4-5-11(8-16)17-10/h1-3,10-11H,4-5,7-8,15H2. The normalized spacial score (nSPS) is 26.9. The topological polar surface area (TPSA) is 62.3 Å². The van der Waals surface area contributed by atoms with Gasteiger partial charge in [0, 0.05) is 13.1 Å². The highest BCUT2D eigenvalue weighted by Crippen LogP contribution is 2.33. The van der Waals surface area contributed by atoms with Gasteiger partial charge in [0.15, 0.2) is 0 Å². The molecule has 0 amide bonds. The van der Waals surface area contributed by atoms with E-state index in [4.69, 9.17) is 15.7 Å². The fraction of sp³-hybridized carbons (Fsp3) is 0.462. The quantitative estimate of drug-likeness (QED) is 0.741. The van der Waals surface area contributed by atoms with Crippen LogP contribution in [0, 0.1) is 11.3 Å². The third-order valence-electron chi connectivity index (χ3n) is 3.59. The summed E-state index contributed by atoms with van der Waals surface area (Å²) in [5, 5.41) is 8.98. The molecule has 2 fully saturated rings. The number of nitrogens with zero attached hydrogens (tertiary/aromatic N) is 2. The van der Waals surface area contributed by atoms with Crippen molar-refractivity contribution < 1.29 is 4.74 Å². The van der Waals surface area contributed by atoms with Gasteiger partial charge < -0.3 is 15.4 Å². The van der Waals surface area contributed by atoms with E-state index >= 15 is 0 Å². The minimum atomic E-state index is 0.332. The van der Waals surface area contributed by atoms with Gasteiger partial charge in [0.05, 0.1) is 29.1 Å². The lowest BCUT2D eigenvalue weighted by molar-refractivity contribution is 0.0305. The molecule has 0 aliphatic carbocycles. The molecule has 0 saturated carbocycles. The average molecular weight is 229 g/mol. The highest BCUT2D eigenvalue weighted by atomic mass is 16.5.